The number of carbonyl (C=O) groups excluding carboxylic acids is 1. The third kappa shape index (κ3) is 3.63. The zero-order valence-corrected chi connectivity index (χ0v) is 15.3. The van der Waals surface area contributed by atoms with Gasteiger partial charge in [-0.05, 0) is 25.1 Å². The Bertz CT molecular complexity index is 1060. The van der Waals surface area contributed by atoms with Gasteiger partial charge in [0.2, 0.25) is 0 Å². The summed E-state index contributed by atoms with van der Waals surface area (Å²) in [5.74, 6) is 0.905. The number of para-hydroxylation sites is 1. The zero-order valence-electron chi connectivity index (χ0n) is 15.3. The Morgan fingerprint density at radius 3 is 2.37 bits per heavy atom. The second kappa shape index (κ2) is 7.50. The van der Waals surface area contributed by atoms with Gasteiger partial charge in [0.05, 0.1) is 6.54 Å². The number of nitrogens with zero attached hydrogens (tertiary/aromatic N) is 1. The Kier molecular flexibility index (Phi) is 4.75. The minimum absolute atomic E-state index is 0.0463. The van der Waals surface area contributed by atoms with Crippen LogP contribution < -0.4 is 4.74 Å². The molecule has 3 heteroatoms. The van der Waals surface area contributed by atoms with Crippen molar-refractivity contribution in [3.63, 3.8) is 0 Å². The van der Waals surface area contributed by atoms with E-state index in [1.165, 1.54) is 5.56 Å². The SMILES string of the molecule is Cc1ccc(OCCn2cc(C(=O)c3ccccc3)c3ccccc32)cc1. The van der Waals surface area contributed by atoms with Crippen LogP contribution in [0.25, 0.3) is 10.9 Å². The number of hydrogen-bond donors (Lipinski definition) is 0. The highest BCUT2D eigenvalue weighted by Gasteiger charge is 2.16. The number of rotatable bonds is 6. The van der Waals surface area contributed by atoms with Crippen LogP contribution >= 0.6 is 0 Å². The predicted octanol–water partition coefficient (Wildman–Crippen LogP) is 5.26. The van der Waals surface area contributed by atoms with Gasteiger partial charge in [-0.3, -0.25) is 4.79 Å². The van der Waals surface area contributed by atoms with E-state index in [0.717, 1.165) is 22.2 Å². The molecule has 0 aliphatic heterocycles. The third-order valence-electron chi connectivity index (χ3n) is 4.69. The van der Waals surface area contributed by atoms with Gasteiger partial charge in [-0.1, -0.05) is 66.2 Å². The van der Waals surface area contributed by atoms with Crippen molar-refractivity contribution in [3.05, 3.63) is 102 Å². The minimum atomic E-state index is 0.0463. The summed E-state index contributed by atoms with van der Waals surface area (Å²) in [6.07, 6.45) is 1.94. The monoisotopic (exact) mass is 355 g/mol. The number of aromatic nitrogens is 1. The van der Waals surface area contributed by atoms with Crippen LogP contribution in [0.1, 0.15) is 21.5 Å². The van der Waals surface area contributed by atoms with Gasteiger partial charge in [0.25, 0.3) is 0 Å². The molecule has 0 spiro atoms. The van der Waals surface area contributed by atoms with Gasteiger partial charge < -0.3 is 9.30 Å². The highest BCUT2D eigenvalue weighted by atomic mass is 16.5. The van der Waals surface area contributed by atoms with Crippen molar-refractivity contribution in [3.8, 4) is 5.75 Å². The van der Waals surface area contributed by atoms with Gasteiger partial charge in [0.15, 0.2) is 5.78 Å². The lowest BCUT2D eigenvalue weighted by Gasteiger charge is -2.08. The quantitative estimate of drug-likeness (QED) is 0.442. The van der Waals surface area contributed by atoms with Crippen LogP contribution in [0.3, 0.4) is 0 Å². The summed E-state index contributed by atoms with van der Waals surface area (Å²) in [6.45, 7) is 3.28. The van der Waals surface area contributed by atoms with Crippen LogP contribution in [0, 0.1) is 6.92 Å². The number of hydrogen-bond acceptors (Lipinski definition) is 2. The smallest absolute Gasteiger partial charge is 0.195 e. The second-order valence-corrected chi connectivity index (χ2v) is 6.61. The molecule has 0 aliphatic carbocycles. The Morgan fingerprint density at radius 1 is 0.889 bits per heavy atom. The number of fused-ring (bicyclic) bond motifs is 1. The second-order valence-electron chi connectivity index (χ2n) is 6.61. The van der Waals surface area contributed by atoms with Crippen LogP contribution in [0.5, 0.6) is 5.75 Å². The van der Waals surface area contributed by atoms with Gasteiger partial charge in [-0.15, -0.1) is 0 Å². The fraction of sp³-hybridized carbons (Fsp3) is 0.125. The van der Waals surface area contributed by atoms with Crippen molar-refractivity contribution in [2.75, 3.05) is 6.61 Å². The lowest BCUT2D eigenvalue weighted by Crippen LogP contribution is -2.07. The van der Waals surface area contributed by atoms with Crippen LogP contribution in [0.2, 0.25) is 0 Å². The molecule has 0 saturated carbocycles. The molecule has 0 amide bonds. The zero-order chi connectivity index (χ0) is 18.6. The van der Waals surface area contributed by atoms with E-state index in [9.17, 15) is 4.79 Å². The summed E-state index contributed by atoms with van der Waals surface area (Å²) in [5.41, 5.74) is 3.69. The number of carbonyl (C=O) groups is 1. The van der Waals surface area contributed by atoms with Crippen molar-refractivity contribution in [1.29, 1.82) is 0 Å². The van der Waals surface area contributed by atoms with Gasteiger partial charge in [0, 0.05) is 28.2 Å². The molecule has 1 heterocycles. The molecule has 4 aromatic rings. The molecule has 0 atom stereocenters. The highest BCUT2D eigenvalue weighted by molar-refractivity contribution is 6.16. The van der Waals surface area contributed by atoms with Gasteiger partial charge in [-0.2, -0.15) is 0 Å². The van der Waals surface area contributed by atoms with Crippen molar-refractivity contribution in [1.82, 2.24) is 4.57 Å². The van der Waals surface area contributed by atoms with E-state index in [-0.39, 0.29) is 5.78 Å². The van der Waals surface area contributed by atoms with E-state index < -0.39 is 0 Å². The molecule has 0 bridgehead atoms. The van der Waals surface area contributed by atoms with Crippen LogP contribution in [-0.2, 0) is 6.54 Å². The standard InChI is InChI=1S/C24H21NO2/c1-18-11-13-20(14-12-18)27-16-15-25-17-22(21-9-5-6-10-23(21)25)24(26)19-7-3-2-4-8-19/h2-14,17H,15-16H2,1H3. The molecule has 3 nitrogen and oxygen atoms in total. The molecular formula is C24H21NO2. The van der Waals surface area contributed by atoms with Crippen LogP contribution in [-0.4, -0.2) is 17.0 Å². The maximum atomic E-state index is 13.0. The third-order valence-corrected chi connectivity index (χ3v) is 4.69. The molecule has 1 aromatic heterocycles. The number of aryl methyl sites for hydroxylation is 1. The van der Waals surface area contributed by atoms with Crippen molar-refractivity contribution < 1.29 is 9.53 Å². The topological polar surface area (TPSA) is 31.2 Å². The minimum Gasteiger partial charge on any atom is -0.492 e. The average molecular weight is 355 g/mol. The molecule has 134 valence electrons. The van der Waals surface area contributed by atoms with Crippen molar-refractivity contribution in [2.45, 2.75) is 13.5 Å². The summed E-state index contributed by atoms with van der Waals surface area (Å²) in [4.78, 5) is 13.0. The summed E-state index contributed by atoms with van der Waals surface area (Å²) in [7, 11) is 0. The Hall–Kier alpha value is -3.33. The summed E-state index contributed by atoms with van der Waals surface area (Å²) in [6, 6.07) is 25.5. The van der Waals surface area contributed by atoms with E-state index in [1.807, 2.05) is 85.1 Å². The summed E-state index contributed by atoms with van der Waals surface area (Å²) >= 11 is 0. The number of ketones is 1. The fourth-order valence-corrected chi connectivity index (χ4v) is 3.25. The predicted molar refractivity (Wildman–Crippen MR) is 108 cm³/mol. The molecular weight excluding hydrogens is 334 g/mol. The van der Waals surface area contributed by atoms with Gasteiger partial charge in [0.1, 0.15) is 12.4 Å². The molecule has 4 rings (SSSR count). The maximum Gasteiger partial charge on any atom is 0.195 e. The van der Waals surface area contributed by atoms with E-state index in [2.05, 4.69) is 11.5 Å². The lowest BCUT2D eigenvalue weighted by molar-refractivity contribution is 0.104. The molecule has 0 unspecified atom stereocenters. The molecule has 27 heavy (non-hydrogen) atoms. The van der Waals surface area contributed by atoms with Gasteiger partial charge in [-0.25, -0.2) is 0 Å². The van der Waals surface area contributed by atoms with E-state index in [1.54, 1.807) is 0 Å². The van der Waals surface area contributed by atoms with Crippen LogP contribution in [0.4, 0.5) is 0 Å². The van der Waals surface area contributed by atoms with E-state index in [4.69, 9.17) is 4.74 Å². The Labute approximate surface area is 158 Å². The highest BCUT2D eigenvalue weighted by Crippen LogP contribution is 2.24. The fourth-order valence-electron chi connectivity index (χ4n) is 3.25. The van der Waals surface area contributed by atoms with E-state index in [0.29, 0.717) is 18.7 Å². The first-order valence-electron chi connectivity index (χ1n) is 9.09. The van der Waals surface area contributed by atoms with E-state index >= 15 is 0 Å². The molecule has 0 saturated heterocycles. The molecule has 0 N–H and O–H groups in total. The lowest BCUT2D eigenvalue weighted by atomic mass is 10.0. The number of benzene rings is 3. The first-order valence-corrected chi connectivity index (χ1v) is 9.09. The van der Waals surface area contributed by atoms with Crippen LogP contribution in [0.15, 0.2) is 85.1 Å². The molecule has 3 aromatic carbocycles. The molecule has 0 fully saturated rings. The normalized spacial score (nSPS) is 10.9. The first-order chi connectivity index (χ1) is 13.2. The largest absolute Gasteiger partial charge is 0.492 e. The Morgan fingerprint density at radius 2 is 1.59 bits per heavy atom. The first kappa shape index (κ1) is 17.1. The Balaban J connectivity index is 1.58. The number of ether oxygens (including phenoxy) is 1. The van der Waals surface area contributed by atoms with Crippen molar-refractivity contribution in [2.24, 2.45) is 0 Å². The maximum absolute atomic E-state index is 13.0. The molecule has 0 radical (unpaired) electrons. The average Bonchev–Trinajstić information content (AvgIpc) is 3.08. The molecule has 0 aliphatic rings. The van der Waals surface area contributed by atoms with Crippen molar-refractivity contribution >= 4 is 16.7 Å². The summed E-state index contributed by atoms with van der Waals surface area (Å²) < 4.78 is 7.96. The van der Waals surface area contributed by atoms with Gasteiger partial charge >= 0.3 is 0 Å². The summed E-state index contributed by atoms with van der Waals surface area (Å²) in [5, 5.41) is 0.974.